The first kappa shape index (κ1) is 12.3. The number of likely N-dealkylation sites (N-methyl/N-ethyl adjacent to an activating group) is 1. The van der Waals surface area contributed by atoms with Gasteiger partial charge < -0.3 is 15.3 Å². The lowest BCUT2D eigenvalue weighted by molar-refractivity contribution is -0.0205. The van der Waals surface area contributed by atoms with Gasteiger partial charge in [0.15, 0.2) is 0 Å². The Kier molecular flexibility index (Phi) is 4.22. The maximum Gasteiger partial charge on any atom is 0.0772 e. The number of hydrogen-bond acceptors (Lipinski definition) is 3. The zero-order valence-corrected chi connectivity index (χ0v) is 10.5. The molecule has 0 aromatic heterocycles. The van der Waals surface area contributed by atoms with Gasteiger partial charge in [0, 0.05) is 12.6 Å². The summed E-state index contributed by atoms with van der Waals surface area (Å²) in [7, 11) is 1.93. The van der Waals surface area contributed by atoms with Crippen LogP contribution in [-0.4, -0.2) is 48.3 Å². The molecule has 1 saturated carbocycles. The molecule has 0 amide bonds. The number of hydrogen-bond donors (Lipinski definition) is 2. The summed E-state index contributed by atoms with van der Waals surface area (Å²) in [6.07, 6.45) is 8.45. The highest BCUT2D eigenvalue weighted by Gasteiger charge is 2.34. The molecule has 1 aliphatic heterocycles. The number of nitrogens with one attached hydrogen (secondary N) is 1. The van der Waals surface area contributed by atoms with Crippen molar-refractivity contribution in [3.8, 4) is 0 Å². The molecule has 0 aromatic carbocycles. The zero-order chi connectivity index (χ0) is 11.4. The van der Waals surface area contributed by atoms with Crippen molar-refractivity contribution in [2.45, 2.75) is 56.6 Å². The SMILES string of the molecule is CNCC1(O)CCC(N2CCCCC2)CC1. The zero-order valence-electron chi connectivity index (χ0n) is 10.5. The summed E-state index contributed by atoms with van der Waals surface area (Å²) in [6.45, 7) is 3.32. The molecule has 2 fully saturated rings. The lowest BCUT2D eigenvalue weighted by Gasteiger charge is -2.42. The molecular formula is C13H26N2O. The number of aliphatic hydroxyl groups is 1. The Morgan fingerprint density at radius 1 is 1.19 bits per heavy atom. The van der Waals surface area contributed by atoms with Crippen molar-refractivity contribution in [3.05, 3.63) is 0 Å². The van der Waals surface area contributed by atoms with Gasteiger partial charge in [-0.25, -0.2) is 0 Å². The lowest BCUT2D eigenvalue weighted by Crippen LogP contribution is -2.48. The van der Waals surface area contributed by atoms with Crippen LogP contribution in [0.3, 0.4) is 0 Å². The van der Waals surface area contributed by atoms with Crippen LogP contribution in [0, 0.1) is 0 Å². The normalized spacial score (nSPS) is 37.5. The van der Waals surface area contributed by atoms with Crippen molar-refractivity contribution in [1.29, 1.82) is 0 Å². The van der Waals surface area contributed by atoms with E-state index in [0.29, 0.717) is 0 Å². The van der Waals surface area contributed by atoms with Crippen molar-refractivity contribution >= 4 is 0 Å². The fourth-order valence-corrected chi connectivity index (χ4v) is 3.29. The summed E-state index contributed by atoms with van der Waals surface area (Å²) in [5.41, 5.74) is -0.430. The van der Waals surface area contributed by atoms with Crippen LogP contribution in [0.5, 0.6) is 0 Å². The Morgan fingerprint density at radius 3 is 2.38 bits per heavy atom. The third kappa shape index (κ3) is 2.96. The van der Waals surface area contributed by atoms with Crippen LogP contribution < -0.4 is 5.32 Å². The molecule has 3 heteroatoms. The minimum absolute atomic E-state index is 0.430. The van der Waals surface area contributed by atoms with E-state index in [1.165, 1.54) is 45.2 Å². The van der Waals surface area contributed by atoms with Crippen molar-refractivity contribution in [2.75, 3.05) is 26.7 Å². The van der Waals surface area contributed by atoms with E-state index in [1.807, 2.05) is 7.05 Å². The molecule has 2 rings (SSSR count). The van der Waals surface area contributed by atoms with E-state index in [1.54, 1.807) is 0 Å². The summed E-state index contributed by atoms with van der Waals surface area (Å²) in [4.78, 5) is 2.66. The topological polar surface area (TPSA) is 35.5 Å². The van der Waals surface area contributed by atoms with Crippen LogP contribution in [0.1, 0.15) is 44.9 Å². The fraction of sp³-hybridized carbons (Fsp3) is 1.00. The molecule has 2 N–H and O–H groups in total. The second kappa shape index (κ2) is 5.48. The monoisotopic (exact) mass is 226 g/mol. The molecule has 0 radical (unpaired) electrons. The van der Waals surface area contributed by atoms with Crippen molar-refractivity contribution in [1.82, 2.24) is 10.2 Å². The summed E-state index contributed by atoms with van der Waals surface area (Å²) >= 11 is 0. The second-order valence-corrected chi connectivity index (χ2v) is 5.58. The summed E-state index contributed by atoms with van der Waals surface area (Å²) < 4.78 is 0. The predicted octanol–water partition coefficient (Wildman–Crippen LogP) is 1.37. The Morgan fingerprint density at radius 2 is 1.81 bits per heavy atom. The molecule has 16 heavy (non-hydrogen) atoms. The molecule has 2 aliphatic rings. The standard InChI is InChI=1S/C13H26N2O/c1-14-11-13(16)7-5-12(6-8-13)15-9-3-2-4-10-15/h12,14,16H,2-11H2,1H3. The molecule has 3 nitrogen and oxygen atoms in total. The summed E-state index contributed by atoms with van der Waals surface area (Å²) in [5.74, 6) is 0. The fourth-order valence-electron chi connectivity index (χ4n) is 3.29. The van der Waals surface area contributed by atoms with E-state index in [0.717, 1.165) is 25.4 Å². The molecule has 1 saturated heterocycles. The molecule has 0 bridgehead atoms. The Balaban J connectivity index is 1.79. The van der Waals surface area contributed by atoms with Gasteiger partial charge in [-0.3, -0.25) is 0 Å². The van der Waals surface area contributed by atoms with Gasteiger partial charge >= 0.3 is 0 Å². The van der Waals surface area contributed by atoms with Crippen molar-refractivity contribution in [3.63, 3.8) is 0 Å². The molecule has 1 aliphatic carbocycles. The highest BCUT2D eigenvalue weighted by molar-refractivity contribution is 4.90. The molecule has 1 heterocycles. The first-order chi connectivity index (χ1) is 7.73. The molecule has 0 spiro atoms. The van der Waals surface area contributed by atoms with Gasteiger partial charge in [-0.2, -0.15) is 0 Å². The minimum atomic E-state index is -0.430. The third-order valence-electron chi connectivity index (χ3n) is 4.30. The first-order valence-electron chi connectivity index (χ1n) is 6.84. The van der Waals surface area contributed by atoms with Crippen molar-refractivity contribution in [2.24, 2.45) is 0 Å². The van der Waals surface area contributed by atoms with Gasteiger partial charge in [0.2, 0.25) is 0 Å². The number of likely N-dealkylation sites (tertiary alicyclic amines) is 1. The maximum absolute atomic E-state index is 10.3. The van der Waals surface area contributed by atoms with Gasteiger partial charge in [-0.05, 0) is 58.7 Å². The number of nitrogens with zero attached hydrogens (tertiary/aromatic N) is 1. The van der Waals surface area contributed by atoms with Crippen LogP contribution in [0.15, 0.2) is 0 Å². The van der Waals surface area contributed by atoms with Crippen LogP contribution in [-0.2, 0) is 0 Å². The Bertz CT molecular complexity index is 206. The average Bonchev–Trinajstić information content (AvgIpc) is 2.31. The van der Waals surface area contributed by atoms with Crippen LogP contribution in [0.4, 0.5) is 0 Å². The summed E-state index contributed by atoms with van der Waals surface area (Å²) in [5, 5.41) is 13.4. The average molecular weight is 226 g/mol. The van der Waals surface area contributed by atoms with Crippen molar-refractivity contribution < 1.29 is 5.11 Å². The van der Waals surface area contributed by atoms with Gasteiger partial charge in [0.1, 0.15) is 0 Å². The van der Waals surface area contributed by atoms with E-state index >= 15 is 0 Å². The van der Waals surface area contributed by atoms with Gasteiger partial charge in [-0.1, -0.05) is 6.42 Å². The predicted molar refractivity (Wildman–Crippen MR) is 66.6 cm³/mol. The van der Waals surface area contributed by atoms with Crippen LogP contribution in [0.25, 0.3) is 0 Å². The van der Waals surface area contributed by atoms with Gasteiger partial charge in [0.25, 0.3) is 0 Å². The number of piperidine rings is 1. The lowest BCUT2D eigenvalue weighted by atomic mass is 9.81. The quantitative estimate of drug-likeness (QED) is 0.763. The van der Waals surface area contributed by atoms with Gasteiger partial charge in [0.05, 0.1) is 5.60 Å². The minimum Gasteiger partial charge on any atom is -0.389 e. The van der Waals surface area contributed by atoms with Gasteiger partial charge in [-0.15, -0.1) is 0 Å². The molecular weight excluding hydrogens is 200 g/mol. The van der Waals surface area contributed by atoms with Crippen LogP contribution >= 0.6 is 0 Å². The van der Waals surface area contributed by atoms with E-state index in [4.69, 9.17) is 0 Å². The molecule has 0 atom stereocenters. The van der Waals surface area contributed by atoms with E-state index in [9.17, 15) is 5.11 Å². The molecule has 94 valence electrons. The van der Waals surface area contributed by atoms with Crippen LogP contribution in [0.2, 0.25) is 0 Å². The molecule has 0 aromatic rings. The smallest absolute Gasteiger partial charge is 0.0772 e. The highest BCUT2D eigenvalue weighted by Crippen LogP contribution is 2.31. The van der Waals surface area contributed by atoms with E-state index < -0.39 is 5.60 Å². The third-order valence-corrected chi connectivity index (χ3v) is 4.30. The Labute approximate surface area is 99.2 Å². The highest BCUT2D eigenvalue weighted by atomic mass is 16.3. The van der Waals surface area contributed by atoms with E-state index in [-0.39, 0.29) is 0 Å². The largest absolute Gasteiger partial charge is 0.389 e. The first-order valence-corrected chi connectivity index (χ1v) is 6.84. The summed E-state index contributed by atoms with van der Waals surface area (Å²) in [6, 6.07) is 0.748. The maximum atomic E-state index is 10.3. The number of rotatable bonds is 3. The van der Waals surface area contributed by atoms with E-state index in [2.05, 4.69) is 10.2 Å². The molecule has 0 unspecified atom stereocenters. The second-order valence-electron chi connectivity index (χ2n) is 5.58. The Hall–Kier alpha value is -0.120.